The van der Waals surface area contributed by atoms with Gasteiger partial charge < -0.3 is 30.5 Å². The number of nitrogens with two attached hydrogens (primary N) is 1. The Hall–Kier alpha value is -1.85. The molecule has 2 aliphatic heterocycles. The van der Waals surface area contributed by atoms with E-state index < -0.39 is 36.2 Å². The van der Waals surface area contributed by atoms with E-state index >= 15 is 0 Å². The van der Waals surface area contributed by atoms with Crippen molar-refractivity contribution >= 4 is 17.0 Å². The number of epoxide rings is 1. The zero-order valence-corrected chi connectivity index (χ0v) is 14.5. The van der Waals surface area contributed by atoms with Crippen LogP contribution in [0.25, 0.3) is 11.2 Å². The number of aliphatic hydroxyl groups is 3. The Kier molecular flexibility index (Phi) is 2.84. The molecule has 144 valence electrons. The monoisotopic (exact) mass is 375 g/mol. The van der Waals surface area contributed by atoms with Crippen LogP contribution in [0.15, 0.2) is 12.7 Å². The molecule has 3 unspecified atom stereocenters. The van der Waals surface area contributed by atoms with Crippen LogP contribution in [0, 0.1) is 5.92 Å². The van der Waals surface area contributed by atoms with Crippen molar-refractivity contribution in [2.24, 2.45) is 5.92 Å². The number of hydrogen-bond acceptors (Lipinski definition) is 9. The quantitative estimate of drug-likeness (QED) is 0.489. The zero-order valence-electron chi connectivity index (χ0n) is 14.5. The van der Waals surface area contributed by atoms with Crippen LogP contribution in [-0.2, 0) is 15.2 Å². The Bertz CT molecular complexity index is 953. The average molecular weight is 375 g/mol. The van der Waals surface area contributed by atoms with Gasteiger partial charge in [0.2, 0.25) is 5.72 Å². The standard InChI is InChI=1S/C17H21N5O5/c18-13-10-14(20-6-19-13)22(7-21-10)17(12(25)11(24)9(5-23)26-17)16-4-8-1-2-15(16,3-8)27-16/h6-9,11-12,23-25H,1-5H2,(H2,18,19,20)/t8?,9-,11-,12-,15?,16?,17+/m1/s1. The molecule has 2 bridgehead atoms. The number of nitrogens with zero attached hydrogens (tertiary/aromatic N) is 4. The first-order valence-corrected chi connectivity index (χ1v) is 9.27. The van der Waals surface area contributed by atoms with Crippen molar-refractivity contribution in [2.75, 3.05) is 12.3 Å². The van der Waals surface area contributed by atoms with Crippen LogP contribution in [0.2, 0.25) is 0 Å². The molecule has 4 fully saturated rings. The number of hydrogen-bond donors (Lipinski definition) is 4. The second kappa shape index (κ2) is 4.76. The Morgan fingerprint density at radius 2 is 2.11 bits per heavy atom. The van der Waals surface area contributed by atoms with Crippen molar-refractivity contribution in [3.63, 3.8) is 0 Å². The summed E-state index contributed by atoms with van der Waals surface area (Å²) in [7, 11) is 0. The van der Waals surface area contributed by atoms with Crippen LogP contribution in [0.1, 0.15) is 25.7 Å². The molecule has 6 rings (SSSR count). The second-order valence-corrected chi connectivity index (χ2v) is 8.25. The van der Waals surface area contributed by atoms with Crippen molar-refractivity contribution in [1.82, 2.24) is 19.5 Å². The van der Waals surface area contributed by atoms with E-state index in [0.717, 1.165) is 25.7 Å². The number of aromatic nitrogens is 4. The molecule has 0 aromatic carbocycles. The van der Waals surface area contributed by atoms with Gasteiger partial charge in [0.1, 0.15) is 41.4 Å². The predicted molar refractivity (Wildman–Crippen MR) is 90.2 cm³/mol. The number of ether oxygens (including phenoxy) is 2. The van der Waals surface area contributed by atoms with Crippen LogP contribution in [0.3, 0.4) is 0 Å². The average Bonchev–Trinajstić information content (AvgIpc) is 3.06. The van der Waals surface area contributed by atoms with Gasteiger partial charge in [-0.2, -0.15) is 0 Å². The van der Waals surface area contributed by atoms with Gasteiger partial charge in [-0.15, -0.1) is 0 Å². The molecule has 10 nitrogen and oxygen atoms in total. The lowest BCUT2D eigenvalue weighted by molar-refractivity contribution is -0.192. The molecule has 0 radical (unpaired) electrons. The van der Waals surface area contributed by atoms with Crippen LogP contribution < -0.4 is 5.73 Å². The largest absolute Gasteiger partial charge is 0.394 e. The van der Waals surface area contributed by atoms with Gasteiger partial charge in [-0.25, -0.2) is 15.0 Å². The fourth-order valence-corrected chi connectivity index (χ4v) is 6.00. The first-order valence-electron chi connectivity index (χ1n) is 9.27. The van der Waals surface area contributed by atoms with Gasteiger partial charge in [-0.1, -0.05) is 0 Å². The number of anilines is 1. The number of aliphatic hydroxyl groups excluding tert-OH is 3. The van der Waals surface area contributed by atoms with E-state index in [1.807, 2.05) is 0 Å². The number of imidazole rings is 1. The summed E-state index contributed by atoms with van der Waals surface area (Å²) in [5.41, 5.74) is 4.11. The molecular weight excluding hydrogens is 354 g/mol. The minimum atomic E-state index is -1.44. The maximum Gasteiger partial charge on any atom is 0.208 e. The molecule has 2 aliphatic carbocycles. The number of nitrogen functional groups attached to an aromatic ring is 1. The highest BCUT2D eigenvalue weighted by Gasteiger charge is 2.88. The first-order chi connectivity index (χ1) is 13.0. The lowest BCUT2D eigenvalue weighted by Gasteiger charge is -2.40. The van der Waals surface area contributed by atoms with Gasteiger partial charge in [0.05, 0.1) is 12.9 Å². The summed E-state index contributed by atoms with van der Waals surface area (Å²) in [4.78, 5) is 12.6. The Morgan fingerprint density at radius 3 is 2.78 bits per heavy atom. The molecule has 4 heterocycles. The Labute approximate surface area is 153 Å². The second-order valence-electron chi connectivity index (χ2n) is 8.25. The third kappa shape index (κ3) is 1.60. The van der Waals surface area contributed by atoms with Crippen molar-refractivity contribution in [3.8, 4) is 0 Å². The van der Waals surface area contributed by atoms with Crippen molar-refractivity contribution in [3.05, 3.63) is 12.7 Å². The Balaban J connectivity index is 1.61. The van der Waals surface area contributed by atoms with Crippen LogP contribution >= 0.6 is 0 Å². The summed E-state index contributed by atoms with van der Waals surface area (Å²) >= 11 is 0. The fraction of sp³-hybridized carbons (Fsp3) is 0.706. The molecule has 27 heavy (non-hydrogen) atoms. The summed E-state index contributed by atoms with van der Waals surface area (Å²) in [6.07, 6.45) is 2.91. The van der Waals surface area contributed by atoms with E-state index in [1.54, 1.807) is 4.57 Å². The lowest BCUT2D eigenvalue weighted by Crippen LogP contribution is -2.58. The summed E-state index contributed by atoms with van der Waals surface area (Å²) < 4.78 is 14.2. The molecule has 4 aliphatic rings. The van der Waals surface area contributed by atoms with E-state index in [4.69, 9.17) is 15.2 Å². The zero-order chi connectivity index (χ0) is 18.6. The molecular formula is C17H21N5O5. The highest BCUT2D eigenvalue weighted by atomic mass is 16.7. The van der Waals surface area contributed by atoms with E-state index in [1.165, 1.54) is 12.7 Å². The highest BCUT2D eigenvalue weighted by Crippen LogP contribution is 2.76. The fourth-order valence-electron chi connectivity index (χ4n) is 6.00. The van der Waals surface area contributed by atoms with Crippen molar-refractivity contribution in [1.29, 1.82) is 0 Å². The minimum absolute atomic E-state index is 0.220. The van der Waals surface area contributed by atoms with E-state index in [0.29, 0.717) is 17.1 Å². The molecule has 2 saturated carbocycles. The molecule has 10 heteroatoms. The summed E-state index contributed by atoms with van der Waals surface area (Å²) in [5, 5.41) is 31.5. The molecule has 1 spiro atoms. The van der Waals surface area contributed by atoms with Gasteiger partial charge in [-0.3, -0.25) is 4.57 Å². The summed E-state index contributed by atoms with van der Waals surface area (Å²) in [6.45, 7) is -0.420. The van der Waals surface area contributed by atoms with Crippen LogP contribution in [0.5, 0.6) is 0 Å². The maximum atomic E-state index is 11.2. The first kappa shape index (κ1) is 16.1. The molecule has 5 N–H and O–H groups in total. The van der Waals surface area contributed by atoms with Crippen molar-refractivity contribution < 1.29 is 24.8 Å². The number of rotatable bonds is 3. The van der Waals surface area contributed by atoms with Gasteiger partial charge in [0.25, 0.3) is 0 Å². The smallest absolute Gasteiger partial charge is 0.208 e. The maximum absolute atomic E-state index is 11.2. The molecule has 0 amide bonds. The topological polar surface area (TPSA) is 152 Å². The molecule has 2 saturated heterocycles. The lowest BCUT2D eigenvalue weighted by atomic mass is 9.77. The van der Waals surface area contributed by atoms with E-state index in [9.17, 15) is 15.3 Å². The minimum Gasteiger partial charge on any atom is -0.394 e. The van der Waals surface area contributed by atoms with E-state index in [2.05, 4.69) is 15.0 Å². The van der Waals surface area contributed by atoms with Gasteiger partial charge >= 0.3 is 0 Å². The van der Waals surface area contributed by atoms with E-state index in [-0.39, 0.29) is 11.4 Å². The highest BCUT2D eigenvalue weighted by molar-refractivity contribution is 5.81. The van der Waals surface area contributed by atoms with Gasteiger partial charge in [0, 0.05) is 0 Å². The third-order valence-electron chi connectivity index (χ3n) is 7.13. The van der Waals surface area contributed by atoms with Crippen LogP contribution in [-0.4, -0.2) is 71.0 Å². The third-order valence-corrected chi connectivity index (χ3v) is 7.13. The molecule has 2 aromatic heterocycles. The molecule has 7 atom stereocenters. The van der Waals surface area contributed by atoms with Crippen LogP contribution in [0.4, 0.5) is 5.82 Å². The SMILES string of the molecule is Nc1ncnc2c1ncn2[C@]1(C23CC4CCC2(C4)O3)O[C@H](CO)[C@@H](O)[C@H]1O. The normalized spacial score (nSPS) is 47.7. The van der Waals surface area contributed by atoms with Gasteiger partial charge in [-0.05, 0) is 31.6 Å². The summed E-state index contributed by atoms with van der Waals surface area (Å²) in [6, 6.07) is 0. The Morgan fingerprint density at radius 1 is 1.26 bits per heavy atom. The van der Waals surface area contributed by atoms with Crippen molar-refractivity contribution in [2.45, 2.75) is 60.9 Å². The predicted octanol–water partition coefficient (Wildman–Crippen LogP) is -1.11. The number of fused-ring (bicyclic) bond motifs is 2. The van der Waals surface area contributed by atoms with Gasteiger partial charge in [0.15, 0.2) is 11.5 Å². The molecule has 2 aromatic rings. The summed E-state index contributed by atoms with van der Waals surface area (Å²) in [5.74, 6) is 0.712.